The standard InChI is InChI=1S/C15H17NO/c1-10-7-8-13(9-12(10)3)17-15-11(2)5-4-6-14(15)16/h4-9H,16H2,1-3H3. The van der Waals surface area contributed by atoms with E-state index in [4.69, 9.17) is 10.5 Å². The molecule has 0 atom stereocenters. The van der Waals surface area contributed by atoms with Gasteiger partial charge >= 0.3 is 0 Å². The number of nitrogens with two attached hydrogens (primary N) is 1. The second-order valence-electron chi connectivity index (χ2n) is 4.34. The van der Waals surface area contributed by atoms with Crippen molar-refractivity contribution < 1.29 is 4.74 Å². The van der Waals surface area contributed by atoms with Gasteiger partial charge in [0.05, 0.1) is 5.69 Å². The van der Waals surface area contributed by atoms with Gasteiger partial charge in [0.15, 0.2) is 5.75 Å². The van der Waals surface area contributed by atoms with Crippen molar-refractivity contribution in [1.82, 2.24) is 0 Å². The highest BCUT2D eigenvalue weighted by Gasteiger charge is 2.06. The summed E-state index contributed by atoms with van der Waals surface area (Å²) in [7, 11) is 0. The molecule has 88 valence electrons. The molecule has 17 heavy (non-hydrogen) atoms. The van der Waals surface area contributed by atoms with Gasteiger partial charge in [-0.2, -0.15) is 0 Å². The molecular formula is C15H17NO. The highest BCUT2D eigenvalue weighted by Crippen LogP contribution is 2.31. The molecule has 0 fully saturated rings. The number of para-hydroxylation sites is 1. The number of aryl methyl sites for hydroxylation is 3. The van der Waals surface area contributed by atoms with E-state index in [0.717, 1.165) is 17.1 Å². The molecule has 2 nitrogen and oxygen atoms in total. The predicted molar refractivity (Wildman–Crippen MR) is 71.6 cm³/mol. The smallest absolute Gasteiger partial charge is 0.153 e. The van der Waals surface area contributed by atoms with Gasteiger partial charge < -0.3 is 10.5 Å². The van der Waals surface area contributed by atoms with Gasteiger partial charge in [-0.05, 0) is 55.7 Å². The van der Waals surface area contributed by atoms with E-state index < -0.39 is 0 Å². The van der Waals surface area contributed by atoms with Gasteiger partial charge in [0, 0.05) is 0 Å². The fourth-order valence-electron chi connectivity index (χ4n) is 1.71. The van der Waals surface area contributed by atoms with Gasteiger partial charge in [-0.1, -0.05) is 18.2 Å². The molecule has 0 aliphatic rings. The van der Waals surface area contributed by atoms with E-state index in [1.807, 2.05) is 37.3 Å². The molecule has 0 aliphatic carbocycles. The minimum absolute atomic E-state index is 0.670. The molecule has 0 amide bonds. The van der Waals surface area contributed by atoms with Crippen LogP contribution in [0.15, 0.2) is 36.4 Å². The lowest BCUT2D eigenvalue weighted by Gasteiger charge is -2.12. The Bertz CT molecular complexity index is 526. The van der Waals surface area contributed by atoms with Crippen molar-refractivity contribution in [2.45, 2.75) is 20.8 Å². The molecule has 0 aromatic heterocycles. The number of benzene rings is 2. The molecule has 2 aromatic rings. The molecule has 0 saturated heterocycles. The van der Waals surface area contributed by atoms with E-state index in [2.05, 4.69) is 19.9 Å². The van der Waals surface area contributed by atoms with Crippen LogP contribution in [0.4, 0.5) is 5.69 Å². The van der Waals surface area contributed by atoms with Crippen LogP contribution in [0, 0.1) is 20.8 Å². The summed E-state index contributed by atoms with van der Waals surface area (Å²) >= 11 is 0. The lowest BCUT2D eigenvalue weighted by Crippen LogP contribution is -1.94. The zero-order valence-electron chi connectivity index (χ0n) is 10.4. The number of hydrogen-bond acceptors (Lipinski definition) is 2. The van der Waals surface area contributed by atoms with Crippen LogP contribution in [-0.4, -0.2) is 0 Å². The Hall–Kier alpha value is -1.96. The van der Waals surface area contributed by atoms with E-state index >= 15 is 0 Å². The minimum atomic E-state index is 0.670. The molecule has 2 rings (SSSR count). The van der Waals surface area contributed by atoms with Crippen molar-refractivity contribution in [3.8, 4) is 11.5 Å². The third-order valence-corrected chi connectivity index (χ3v) is 2.94. The topological polar surface area (TPSA) is 35.2 Å². The molecule has 0 spiro atoms. The number of hydrogen-bond donors (Lipinski definition) is 1. The predicted octanol–water partition coefficient (Wildman–Crippen LogP) is 3.99. The van der Waals surface area contributed by atoms with Gasteiger partial charge in [0.2, 0.25) is 0 Å². The maximum atomic E-state index is 5.91. The summed E-state index contributed by atoms with van der Waals surface area (Å²) in [4.78, 5) is 0. The van der Waals surface area contributed by atoms with Crippen molar-refractivity contribution in [3.63, 3.8) is 0 Å². The third-order valence-electron chi connectivity index (χ3n) is 2.94. The SMILES string of the molecule is Cc1ccc(Oc2c(C)cccc2N)cc1C. The molecule has 0 saturated carbocycles. The first-order chi connectivity index (χ1) is 8.08. The van der Waals surface area contributed by atoms with Crippen LogP contribution in [0.3, 0.4) is 0 Å². The normalized spacial score (nSPS) is 10.3. The molecule has 0 heterocycles. The fraction of sp³-hybridized carbons (Fsp3) is 0.200. The van der Waals surface area contributed by atoms with E-state index in [9.17, 15) is 0 Å². The summed E-state index contributed by atoms with van der Waals surface area (Å²) in [6.07, 6.45) is 0. The summed E-state index contributed by atoms with van der Waals surface area (Å²) in [6, 6.07) is 11.8. The van der Waals surface area contributed by atoms with Crippen LogP contribution in [0.1, 0.15) is 16.7 Å². The Morgan fingerprint density at radius 1 is 0.882 bits per heavy atom. The summed E-state index contributed by atoms with van der Waals surface area (Å²) in [5, 5.41) is 0. The van der Waals surface area contributed by atoms with Crippen LogP contribution >= 0.6 is 0 Å². The van der Waals surface area contributed by atoms with Crippen LogP contribution < -0.4 is 10.5 Å². The molecule has 2 heteroatoms. The number of ether oxygens (including phenoxy) is 1. The average Bonchev–Trinajstić information content (AvgIpc) is 2.28. The van der Waals surface area contributed by atoms with Gasteiger partial charge in [0.1, 0.15) is 5.75 Å². The molecule has 0 bridgehead atoms. The molecule has 0 aliphatic heterocycles. The van der Waals surface area contributed by atoms with Crippen molar-refractivity contribution in [2.24, 2.45) is 0 Å². The summed E-state index contributed by atoms with van der Waals surface area (Å²) in [5.74, 6) is 1.57. The van der Waals surface area contributed by atoms with E-state index in [-0.39, 0.29) is 0 Å². The number of rotatable bonds is 2. The zero-order chi connectivity index (χ0) is 12.4. The third kappa shape index (κ3) is 2.41. The zero-order valence-corrected chi connectivity index (χ0v) is 10.4. The highest BCUT2D eigenvalue weighted by molar-refractivity contribution is 5.57. The Morgan fingerprint density at radius 2 is 1.65 bits per heavy atom. The highest BCUT2D eigenvalue weighted by atomic mass is 16.5. The molecule has 2 N–H and O–H groups in total. The van der Waals surface area contributed by atoms with Crippen molar-refractivity contribution in [1.29, 1.82) is 0 Å². The van der Waals surface area contributed by atoms with Crippen LogP contribution in [0.5, 0.6) is 11.5 Å². The van der Waals surface area contributed by atoms with Crippen molar-refractivity contribution >= 4 is 5.69 Å². The van der Waals surface area contributed by atoms with E-state index in [1.165, 1.54) is 11.1 Å². The number of nitrogen functional groups attached to an aromatic ring is 1. The van der Waals surface area contributed by atoms with E-state index in [0.29, 0.717) is 5.69 Å². The van der Waals surface area contributed by atoms with E-state index in [1.54, 1.807) is 0 Å². The Labute approximate surface area is 102 Å². The molecule has 0 radical (unpaired) electrons. The van der Waals surface area contributed by atoms with Crippen molar-refractivity contribution in [2.75, 3.05) is 5.73 Å². The molecular weight excluding hydrogens is 210 g/mol. The van der Waals surface area contributed by atoms with Crippen LogP contribution in [0.2, 0.25) is 0 Å². The Balaban J connectivity index is 2.35. The van der Waals surface area contributed by atoms with Crippen molar-refractivity contribution in [3.05, 3.63) is 53.1 Å². The van der Waals surface area contributed by atoms with Gasteiger partial charge in [-0.15, -0.1) is 0 Å². The average molecular weight is 227 g/mol. The molecule has 2 aromatic carbocycles. The Morgan fingerprint density at radius 3 is 2.29 bits per heavy atom. The first-order valence-electron chi connectivity index (χ1n) is 5.68. The summed E-state index contributed by atoms with van der Waals surface area (Å²) < 4.78 is 5.85. The largest absolute Gasteiger partial charge is 0.455 e. The Kier molecular flexibility index (Phi) is 3.05. The summed E-state index contributed by atoms with van der Waals surface area (Å²) in [6.45, 7) is 6.15. The van der Waals surface area contributed by atoms with Gasteiger partial charge in [-0.25, -0.2) is 0 Å². The maximum Gasteiger partial charge on any atom is 0.153 e. The quantitative estimate of drug-likeness (QED) is 0.787. The van der Waals surface area contributed by atoms with Gasteiger partial charge in [0.25, 0.3) is 0 Å². The first-order valence-corrected chi connectivity index (χ1v) is 5.68. The van der Waals surface area contributed by atoms with Crippen LogP contribution in [-0.2, 0) is 0 Å². The monoisotopic (exact) mass is 227 g/mol. The first kappa shape index (κ1) is 11.5. The lowest BCUT2D eigenvalue weighted by atomic mass is 10.1. The maximum absolute atomic E-state index is 5.91. The minimum Gasteiger partial charge on any atom is -0.455 e. The fourth-order valence-corrected chi connectivity index (χ4v) is 1.71. The summed E-state index contributed by atoms with van der Waals surface area (Å²) in [5.41, 5.74) is 10.1. The lowest BCUT2D eigenvalue weighted by molar-refractivity contribution is 0.481. The second kappa shape index (κ2) is 4.50. The molecule has 0 unspecified atom stereocenters. The number of anilines is 1. The van der Waals surface area contributed by atoms with Crippen LogP contribution in [0.25, 0.3) is 0 Å². The second-order valence-corrected chi connectivity index (χ2v) is 4.34. The van der Waals surface area contributed by atoms with Gasteiger partial charge in [-0.3, -0.25) is 0 Å².